The average Bonchev–Trinajstić information content (AvgIpc) is 2.60. The summed E-state index contributed by atoms with van der Waals surface area (Å²) >= 11 is 7.28. The molecule has 17 heavy (non-hydrogen) atoms. The van der Waals surface area contributed by atoms with Crippen molar-refractivity contribution in [3.05, 3.63) is 38.7 Å². The lowest BCUT2D eigenvalue weighted by atomic mass is 10.3. The van der Waals surface area contributed by atoms with Crippen LogP contribution in [0.5, 0.6) is 0 Å². The number of nitrogens with one attached hydrogen (secondary N) is 1. The molecule has 2 aromatic heterocycles. The quantitative estimate of drug-likeness (QED) is 0.868. The molecule has 3 nitrogen and oxygen atoms in total. The van der Waals surface area contributed by atoms with Crippen molar-refractivity contribution in [1.29, 1.82) is 0 Å². The molecule has 0 fully saturated rings. The highest BCUT2D eigenvalue weighted by Gasteiger charge is 2.07. The molecular formula is C11H11ClFN3S. The first kappa shape index (κ1) is 12.3. The molecule has 0 aliphatic heterocycles. The number of nitrogens with zero attached hydrogens (tertiary/aromatic N) is 2. The molecule has 0 saturated carbocycles. The summed E-state index contributed by atoms with van der Waals surface area (Å²) in [5.74, 6) is -0.367. The summed E-state index contributed by atoms with van der Waals surface area (Å²) in [5, 5.41) is 2.95. The van der Waals surface area contributed by atoms with E-state index in [-0.39, 0.29) is 11.1 Å². The van der Waals surface area contributed by atoms with Gasteiger partial charge in [0.1, 0.15) is 0 Å². The monoisotopic (exact) mass is 271 g/mol. The van der Waals surface area contributed by atoms with Gasteiger partial charge in [-0.25, -0.2) is 9.37 Å². The molecule has 2 aromatic rings. The highest BCUT2D eigenvalue weighted by Crippen LogP contribution is 2.22. The number of thiophene rings is 1. The second-order valence-corrected chi connectivity index (χ2v) is 5.32. The zero-order chi connectivity index (χ0) is 12.4. The predicted octanol–water partition coefficient (Wildman–Crippen LogP) is 3.56. The Morgan fingerprint density at radius 3 is 2.88 bits per heavy atom. The summed E-state index contributed by atoms with van der Waals surface area (Å²) in [6.45, 7) is 4.65. The second-order valence-electron chi connectivity index (χ2n) is 3.64. The number of hydrogen-bond acceptors (Lipinski definition) is 4. The van der Waals surface area contributed by atoms with Crippen LogP contribution in [-0.2, 0) is 6.54 Å². The van der Waals surface area contributed by atoms with Crippen molar-refractivity contribution >= 4 is 28.8 Å². The van der Waals surface area contributed by atoms with E-state index in [9.17, 15) is 4.39 Å². The van der Waals surface area contributed by atoms with Crippen LogP contribution in [0.3, 0.4) is 0 Å². The average molecular weight is 272 g/mol. The number of halogens is 2. The minimum atomic E-state index is -0.501. The molecule has 0 atom stereocenters. The Labute approximate surface area is 108 Å². The van der Waals surface area contributed by atoms with Crippen LogP contribution in [0.1, 0.15) is 15.3 Å². The molecule has 2 rings (SSSR count). The van der Waals surface area contributed by atoms with Gasteiger partial charge in [-0.1, -0.05) is 0 Å². The molecule has 0 aliphatic carbocycles. The van der Waals surface area contributed by atoms with Gasteiger partial charge in [-0.2, -0.15) is 4.98 Å². The van der Waals surface area contributed by atoms with Crippen LogP contribution in [0.25, 0.3) is 0 Å². The first-order valence-corrected chi connectivity index (χ1v) is 6.23. The summed E-state index contributed by atoms with van der Waals surface area (Å²) in [7, 11) is 0. The molecule has 1 N–H and O–H groups in total. The van der Waals surface area contributed by atoms with Crippen molar-refractivity contribution in [1.82, 2.24) is 9.97 Å². The number of rotatable bonds is 3. The van der Waals surface area contributed by atoms with Gasteiger partial charge < -0.3 is 5.32 Å². The molecular weight excluding hydrogens is 261 g/mol. The second kappa shape index (κ2) is 4.98. The predicted molar refractivity (Wildman–Crippen MR) is 68.1 cm³/mol. The molecule has 0 aromatic carbocycles. The fourth-order valence-electron chi connectivity index (χ4n) is 1.38. The van der Waals surface area contributed by atoms with Crippen molar-refractivity contribution in [2.75, 3.05) is 5.32 Å². The molecule has 0 bridgehead atoms. The van der Waals surface area contributed by atoms with E-state index in [0.717, 1.165) is 11.1 Å². The lowest BCUT2D eigenvalue weighted by Crippen LogP contribution is -2.03. The maximum Gasteiger partial charge on any atom is 0.224 e. The number of anilines is 1. The molecule has 0 saturated heterocycles. The zero-order valence-corrected chi connectivity index (χ0v) is 11.0. The fourth-order valence-corrected chi connectivity index (χ4v) is 2.50. The van der Waals surface area contributed by atoms with E-state index in [1.54, 1.807) is 11.3 Å². The maximum atomic E-state index is 13.3. The highest BCUT2D eigenvalue weighted by atomic mass is 35.5. The van der Waals surface area contributed by atoms with E-state index < -0.39 is 5.82 Å². The van der Waals surface area contributed by atoms with Gasteiger partial charge in [-0.3, -0.25) is 0 Å². The summed E-state index contributed by atoms with van der Waals surface area (Å²) in [6.07, 6.45) is 1.06. The Morgan fingerprint density at radius 2 is 2.24 bits per heavy atom. The van der Waals surface area contributed by atoms with Crippen molar-refractivity contribution in [2.45, 2.75) is 20.4 Å². The molecule has 0 radical (unpaired) electrons. The van der Waals surface area contributed by atoms with Crippen molar-refractivity contribution < 1.29 is 4.39 Å². The van der Waals surface area contributed by atoms with E-state index >= 15 is 0 Å². The summed E-state index contributed by atoms with van der Waals surface area (Å²) in [4.78, 5) is 9.74. The van der Waals surface area contributed by atoms with Gasteiger partial charge in [-0.05, 0) is 37.1 Å². The Balaban J connectivity index is 2.09. The van der Waals surface area contributed by atoms with Crippen LogP contribution in [0.15, 0.2) is 12.3 Å². The van der Waals surface area contributed by atoms with Crippen molar-refractivity contribution in [3.63, 3.8) is 0 Å². The van der Waals surface area contributed by atoms with E-state index in [4.69, 9.17) is 11.6 Å². The van der Waals surface area contributed by atoms with Gasteiger partial charge in [0.2, 0.25) is 5.28 Å². The Morgan fingerprint density at radius 1 is 1.47 bits per heavy atom. The van der Waals surface area contributed by atoms with Crippen LogP contribution in [0.2, 0.25) is 5.28 Å². The normalized spacial score (nSPS) is 10.6. The molecule has 0 amide bonds. The third-order valence-corrected chi connectivity index (χ3v) is 3.70. The van der Waals surface area contributed by atoms with E-state index in [1.165, 1.54) is 10.4 Å². The topological polar surface area (TPSA) is 37.8 Å². The van der Waals surface area contributed by atoms with Gasteiger partial charge in [-0.15, -0.1) is 11.3 Å². The summed E-state index contributed by atoms with van der Waals surface area (Å²) < 4.78 is 13.3. The maximum absolute atomic E-state index is 13.3. The standard InChI is InChI=1S/C11H11ClFN3S/c1-6-3-8(17-7(6)2)4-14-10-9(13)5-15-11(12)16-10/h3,5H,4H2,1-2H3,(H,14,15,16). The van der Waals surface area contributed by atoms with Crippen molar-refractivity contribution in [3.8, 4) is 0 Å². The fraction of sp³-hybridized carbons (Fsp3) is 0.273. The third-order valence-electron chi connectivity index (χ3n) is 2.36. The minimum absolute atomic E-state index is 0.0347. The number of aryl methyl sites for hydroxylation is 2. The van der Waals surface area contributed by atoms with Crippen LogP contribution in [-0.4, -0.2) is 9.97 Å². The largest absolute Gasteiger partial charge is 0.363 e. The molecule has 0 aliphatic rings. The van der Waals surface area contributed by atoms with Gasteiger partial charge >= 0.3 is 0 Å². The molecule has 2 heterocycles. The smallest absolute Gasteiger partial charge is 0.224 e. The summed E-state index contributed by atoms with van der Waals surface area (Å²) in [5.41, 5.74) is 1.24. The van der Waals surface area contributed by atoms with Gasteiger partial charge in [0, 0.05) is 9.75 Å². The molecule has 90 valence electrons. The van der Waals surface area contributed by atoms with Gasteiger partial charge in [0.25, 0.3) is 0 Å². The van der Waals surface area contributed by atoms with Crippen LogP contribution < -0.4 is 5.32 Å². The van der Waals surface area contributed by atoms with Crippen LogP contribution in [0.4, 0.5) is 10.2 Å². The Kier molecular flexibility index (Phi) is 3.59. The number of hydrogen-bond donors (Lipinski definition) is 1. The Hall–Kier alpha value is -1.20. The number of aromatic nitrogens is 2. The first-order chi connectivity index (χ1) is 8.06. The molecule has 0 spiro atoms. The van der Waals surface area contributed by atoms with Gasteiger partial charge in [0.05, 0.1) is 12.7 Å². The lowest BCUT2D eigenvalue weighted by Gasteiger charge is -2.04. The van der Waals surface area contributed by atoms with Crippen LogP contribution in [0, 0.1) is 19.7 Å². The SMILES string of the molecule is Cc1cc(CNc2nc(Cl)ncc2F)sc1C. The lowest BCUT2D eigenvalue weighted by molar-refractivity contribution is 0.616. The molecule has 0 unspecified atom stereocenters. The van der Waals surface area contributed by atoms with E-state index in [1.807, 2.05) is 0 Å². The molecule has 6 heteroatoms. The van der Waals surface area contributed by atoms with Crippen LogP contribution >= 0.6 is 22.9 Å². The van der Waals surface area contributed by atoms with Crippen molar-refractivity contribution in [2.24, 2.45) is 0 Å². The zero-order valence-electron chi connectivity index (χ0n) is 9.42. The highest BCUT2D eigenvalue weighted by molar-refractivity contribution is 7.12. The third kappa shape index (κ3) is 2.92. The van der Waals surface area contributed by atoms with E-state index in [0.29, 0.717) is 6.54 Å². The van der Waals surface area contributed by atoms with E-state index in [2.05, 4.69) is 35.2 Å². The summed E-state index contributed by atoms with van der Waals surface area (Å²) in [6, 6.07) is 2.08. The Bertz CT molecular complexity index is 522. The minimum Gasteiger partial charge on any atom is -0.363 e. The first-order valence-electron chi connectivity index (χ1n) is 5.04. The van der Waals surface area contributed by atoms with Gasteiger partial charge in [0.15, 0.2) is 11.6 Å².